The van der Waals surface area contributed by atoms with Crippen LogP contribution in [0.3, 0.4) is 0 Å². The topological polar surface area (TPSA) is 18.5 Å². The van der Waals surface area contributed by atoms with E-state index in [1.54, 1.807) is 45.4 Å². The van der Waals surface area contributed by atoms with Gasteiger partial charge in [0.1, 0.15) is 17.3 Å². The Labute approximate surface area is 133 Å². The van der Waals surface area contributed by atoms with Gasteiger partial charge in [0.25, 0.3) is 0 Å². The summed E-state index contributed by atoms with van der Waals surface area (Å²) in [6.07, 6.45) is 0. The van der Waals surface area contributed by atoms with E-state index in [0.717, 1.165) is 5.56 Å². The number of methoxy groups -OCH3 is 2. The van der Waals surface area contributed by atoms with Gasteiger partial charge in [-0.15, -0.1) is 11.6 Å². The van der Waals surface area contributed by atoms with Gasteiger partial charge in [-0.25, -0.2) is 4.39 Å². The third-order valence-electron chi connectivity index (χ3n) is 3.22. The van der Waals surface area contributed by atoms with Crippen molar-refractivity contribution in [3.8, 4) is 11.5 Å². The summed E-state index contributed by atoms with van der Waals surface area (Å²) < 4.78 is 23.9. The average molecular weight is 329 g/mol. The molecule has 2 aromatic rings. The van der Waals surface area contributed by atoms with Gasteiger partial charge in [0.05, 0.1) is 19.6 Å². The summed E-state index contributed by atoms with van der Waals surface area (Å²) in [5.41, 5.74) is 1.91. The van der Waals surface area contributed by atoms with Crippen LogP contribution >= 0.6 is 23.2 Å². The molecule has 0 saturated carbocycles. The minimum absolute atomic E-state index is 0.292. The van der Waals surface area contributed by atoms with Crippen LogP contribution in [0.5, 0.6) is 11.5 Å². The number of ether oxygens (including phenoxy) is 2. The summed E-state index contributed by atoms with van der Waals surface area (Å²) in [6.45, 7) is 1.67. The van der Waals surface area contributed by atoms with Crippen LogP contribution < -0.4 is 9.47 Å². The molecule has 0 aromatic heterocycles. The molecular formula is C16H15Cl2FO2. The monoisotopic (exact) mass is 328 g/mol. The fraction of sp³-hybridized carbons (Fsp3) is 0.250. The molecule has 1 atom stereocenters. The number of benzene rings is 2. The van der Waals surface area contributed by atoms with E-state index in [-0.39, 0.29) is 5.82 Å². The van der Waals surface area contributed by atoms with Gasteiger partial charge in [-0.1, -0.05) is 11.6 Å². The van der Waals surface area contributed by atoms with Gasteiger partial charge < -0.3 is 9.47 Å². The summed E-state index contributed by atoms with van der Waals surface area (Å²) in [4.78, 5) is 0. The third-order valence-corrected chi connectivity index (χ3v) is 4.03. The molecule has 0 bridgehead atoms. The number of rotatable bonds is 4. The summed E-state index contributed by atoms with van der Waals surface area (Å²) in [7, 11) is 3.13. The average Bonchev–Trinajstić information content (AvgIpc) is 2.49. The maximum atomic E-state index is 13.5. The Morgan fingerprint density at radius 2 is 1.57 bits per heavy atom. The molecule has 5 heteroatoms. The van der Waals surface area contributed by atoms with Crippen LogP contribution in [-0.2, 0) is 0 Å². The lowest BCUT2D eigenvalue weighted by Crippen LogP contribution is -1.99. The predicted molar refractivity (Wildman–Crippen MR) is 83.4 cm³/mol. The molecule has 2 rings (SSSR count). The Morgan fingerprint density at radius 3 is 2.10 bits per heavy atom. The normalized spacial score (nSPS) is 12.1. The van der Waals surface area contributed by atoms with Crippen molar-refractivity contribution in [1.29, 1.82) is 0 Å². The fourth-order valence-electron chi connectivity index (χ4n) is 2.03. The Bertz CT molecular complexity index is 637. The molecule has 0 spiro atoms. The summed E-state index contributed by atoms with van der Waals surface area (Å²) in [5, 5.41) is -0.235. The predicted octanol–water partition coefficient (Wildman–Crippen LogP) is 5.13. The van der Waals surface area contributed by atoms with Crippen LogP contribution in [0, 0.1) is 12.7 Å². The first-order valence-electron chi connectivity index (χ1n) is 6.29. The van der Waals surface area contributed by atoms with Crippen molar-refractivity contribution in [2.75, 3.05) is 14.2 Å². The largest absolute Gasteiger partial charge is 0.497 e. The highest BCUT2D eigenvalue weighted by molar-refractivity contribution is 6.33. The Kier molecular flexibility index (Phi) is 4.96. The molecule has 0 aliphatic heterocycles. The molecule has 1 unspecified atom stereocenters. The summed E-state index contributed by atoms with van der Waals surface area (Å²) >= 11 is 12.6. The van der Waals surface area contributed by atoms with Crippen molar-refractivity contribution in [2.24, 2.45) is 0 Å². The van der Waals surface area contributed by atoms with Crippen LogP contribution in [0.2, 0.25) is 5.02 Å². The molecule has 0 aliphatic carbocycles. The van der Waals surface area contributed by atoms with Crippen LogP contribution in [0.25, 0.3) is 0 Å². The second-order valence-corrected chi connectivity index (χ2v) is 5.48. The first kappa shape index (κ1) is 15.9. The van der Waals surface area contributed by atoms with E-state index in [9.17, 15) is 4.39 Å². The summed E-state index contributed by atoms with van der Waals surface area (Å²) in [6, 6.07) is 8.29. The number of hydrogen-bond acceptors (Lipinski definition) is 2. The molecule has 0 fully saturated rings. The number of aryl methyl sites for hydroxylation is 1. The maximum absolute atomic E-state index is 13.5. The molecule has 0 amide bonds. The van der Waals surface area contributed by atoms with Gasteiger partial charge >= 0.3 is 0 Å². The van der Waals surface area contributed by atoms with Crippen LogP contribution in [0.1, 0.15) is 22.1 Å². The number of halogens is 3. The van der Waals surface area contributed by atoms with E-state index < -0.39 is 5.38 Å². The van der Waals surface area contributed by atoms with Crippen molar-refractivity contribution in [3.05, 3.63) is 57.9 Å². The third kappa shape index (κ3) is 3.42. The minimum Gasteiger partial charge on any atom is -0.497 e. The highest BCUT2D eigenvalue weighted by Gasteiger charge is 2.18. The van der Waals surface area contributed by atoms with Crippen LogP contribution in [-0.4, -0.2) is 14.2 Å². The quantitative estimate of drug-likeness (QED) is 0.724. The zero-order valence-electron chi connectivity index (χ0n) is 11.9. The standard InChI is InChI=1S/C16H15Cl2FO2/c1-9-4-13(14(17)8-15(9)19)16(18)10-5-11(20-2)7-12(6-10)21-3/h4-8,16H,1-3H3. The van der Waals surface area contributed by atoms with Crippen molar-refractivity contribution in [3.63, 3.8) is 0 Å². The van der Waals surface area contributed by atoms with Gasteiger partial charge in [-0.2, -0.15) is 0 Å². The smallest absolute Gasteiger partial charge is 0.127 e. The summed E-state index contributed by atoms with van der Waals surface area (Å²) in [5.74, 6) is 0.908. The van der Waals surface area contributed by atoms with E-state index >= 15 is 0 Å². The SMILES string of the molecule is COc1cc(OC)cc(C(Cl)c2cc(C)c(F)cc2Cl)c1. The molecule has 0 saturated heterocycles. The van der Waals surface area contributed by atoms with Crippen molar-refractivity contribution < 1.29 is 13.9 Å². The van der Waals surface area contributed by atoms with Crippen molar-refractivity contribution >= 4 is 23.2 Å². The molecule has 0 radical (unpaired) electrons. The van der Waals surface area contributed by atoms with E-state index in [1.165, 1.54) is 6.07 Å². The first-order chi connectivity index (χ1) is 9.96. The zero-order valence-corrected chi connectivity index (χ0v) is 13.4. The fourth-order valence-corrected chi connectivity index (χ4v) is 2.65. The van der Waals surface area contributed by atoms with E-state index in [0.29, 0.717) is 27.6 Å². The molecule has 0 heterocycles. The molecule has 112 valence electrons. The first-order valence-corrected chi connectivity index (χ1v) is 7.10. The maximum Gasteiger partial charge on any atom is 0.127 e. The lowest BCUT2D eigenvalue weighted by molar-refractivity contribution is 0.393. The van der Waals surface area contributed by atoms with E-state index in [4.69, 9.17) is 32.7 Å². The van der Waals surface area contributed by atoms with Gasteiger partial charge in [0.15, 0.2) is 0 Å². The van der Waals surface area contributed by atoms with Gasteiger partial charge in [-0.3, -0.25) is 0 Å². The van der Waals surface area contributed by atoms with Crippen LogP contribution in [0.4, 0.5) is 4.39 Å². The van der Waals surface area contributed by atoms with E-state index in [2.05, 4.69) is 0 Å². The Hall–Kier alpha value is -1.45. The van der Waals surface area contributed by atoms with Gasteiger partial charge in [0, 0.05) is 11.1 Å². The molecule has 2 nitrogen and oxygen atoms in total. The molecular weight excluding hydrogens is 314 g/mol. The highest BCUT2D eigenvalue weighted by atomic mass is 35.5. The second kappa shape index (κ2) is 6.54. The van der Waals surface area contributed by atoms with Crippen molar-refractivity contribution in [2.45, 2.75) is 12.3 Å². The number of alkyl halides is 1. The number of hydrogen-bond donors (Lipinski definition) is 0. The molecule has 0 N–H and O–H groups in total. The lowest BCUT2D eigenvalue weighted by Gasteiger charge is -2.15. The van der Waals surface area contributed by atoms with Gasteiger partial charge in [-0.05, 0) is 47.9 Å². The van der Waals surface area contributed by atoms with Crippen LogP contribution in [0.15, 0.2) is 30.3 Å². The highest BCUT2D eigenvalue weighted by Crippen LogP contribution is 2.38. The Balaban J connectivity index is 2.49. The van der Waals surface area contributed by atoms with Crippen molar-refractivity contribution in [1.82, 2.24) is 0 Å². The van der Waals surface area contributed by atoms with Gasteiger partial charge in [0.2, 0.25) is 0 Å². The molecule has 2 aromatic carbocycles. The minimum atomic E-state index is -0.527. The van der Waals surface area contributed by atoms with E-state index in [1.807, 2.05) is 0 Å². The second-order valence-electron chi connectivity index (χ2n) is 4.63. The lowest BCUT2D eigenvalue weighted by atomic mass is 10.0. The molecule has 21 heavy (non-hydrogen) atoms. The molecule has 0 aliphatic rings. The Morgan fingerprint density at radius 1 is 1.00 bits per heavy atom. The zero-order chi connectivity index (χ0) is 15.6.